The highest BCUT2D eigenvalue weighted by atomic mass is 32.2. The second-order valence-corrected chi connectivity index (χ2v) is 8.96. The quantitative estimate of drug-likeness (QED) is 0.503. The van der Waals surface area contributed by atoms with E-state index in [1.807, 2.05) is 13.0 Å². The summed E-state index contributed by atoms with van der Waals surface area (Å²) in [6.07, 6.45) is -0.219. The molecule has 3 rings (SSSR count). The Hall–Kier alpha value is -3.90. The summed E-state index contributed by atoms with van der Waals surface area (Å²) in [7, 11) is -2.93. The molecule has 1 unspecified atom stereocenters. The summed E-state index contributed by atoms with van der Waals surface area (Å²) in [4.78, 5) is 25.3. The van der Waals surface area contributed by atoms with Gasteiger partial charge in [0.25, 0.3) is 10.0 Å². The first-order valence-electron chi connectivity index (χ1n) is 9.55. The van der Waals surface area contributed by atoms with Crippen molar-refractivity contribution >= 4 is 21.9 Å². The number of rotatable bonds is 7. The van der Waals surface area contributed by atoms with Gasteiger partial charge in [-0.2, -0.15) is 5.26 Å². The molecular weight excluding hydrogens is 432 g/mol. The van der Waals surface area contributed by atoms with Crippen molar-refractivity contribution in [3.63, 3.8) is 0 Å². The Morgan fingerprint density at radius 3 is 2.31 bits per heavy atom. The number of carbonyl (C=O) groups is 2. The van der Waals surface area contributed by atoms with Gasteiger partial charge in [0, 0.05) is 7.05 Å². The molecular formula is C23H20N2O6S. The molecule has 32 heavy (non-hydrogen) atoms. The minimum Gasteiger partial charge on any atom is -0.457 e. The standard InChI is InChI=1S/C23H20N2O6S/c1-16-5-11-19(12-6-16)32(28,29)25(2)22(26)14-21(18-9-7-17(15-24)8-10-18)31-23(27)20-4-3-13-30-20/h3-13,21H,14H2,1-2H3. The van der Waals surface area contributed by atoms with E-state index in [1.54, 1.807) is 24.3 Å². The van der Waals surface area contributed by atoms with Crippen LogP contribution in [0, 0.1) is 18.3 Å². The van der Waals surface area contributed by atoms with E-state index >= 15 is 0 Å². The van der Waals surface area contributed by atoms with E-state index < -0.39 is 34.4 Å². The molecule has 0 aliphatic rings. The van der Waals surface area contributed by atoms with Crippen LogP contribution in [0.1, 0.15) is 39.8 Å². The Balaban J connectivity index is 1.85. The molecule has 0 aliphatic heterocycles. The van der Waals surface area contributed by atoms with Crippen molar-refractivity contribution in [2.45, 2.75) is 24.3 Å². The first-order valence-corrected chi connectivity index (χ1v) is 11.0. The van der Waals surface area contributed by atoms with Crippen LogP contribution in [-0.2, 0) is 19.6 Å². The van der Waals surface area contributed by atoms with E-state index in [0.29, 0.717) is 15.4 Å². The van der Waals surface area contributed by atoms with Crippen LogP contribution >= 0.6 is 0 Å². The number of sulfonamides is 1. The second kappa shape index (κ2) is 9.49. The molecule has 0 aliphatic carbocycles. The molecule has 1 amide bonds. The van der Waals surface area contributed by atoms with Gasteiger partial charge >= 0.3 is 5.97 Å². The molecule has 0 radical (unpaired) electrons. The van der Waals surface area contributed by atoms with Crippen LogP contribution in [0.2, 0.25) is 0 Å². The molecule has 1 atom stereocenters. The van der Waals surface area contributed by atoms with Gasteiger partial charge < -0.3 is 9.15 Å². The van der Waals surface area contributed by atoms with Gasteiger partial charge in [0.1, 0.15) is 6.10 Å². The van der Waals surface area contributed by atoms with E-state index in [1.165, 1.54) is 42.7 Å². The lowest BCUT2D eigenvalue weighted by molar-refractivity contribution is -0.127. The van der Waals surface area contributed by atoms with Crippen LogP contribution in [0.4, 0.5) is 0 Å². The lowest BCUT2D eigenvalue weighted by atomic mass is 10.0. The first kappa shape index (κ1) is 22.8. The summed E-state index contributed by atoms with van der Waals surface area (Å²) in [5.74, 6) is -1.63. The third kappa shape index (κ3) is 5.04. The SMILES string of the molecule is Cc1ccc(S(=O)(=O)N(C)C(=O)CC(OC(=O)c2ccco2)c2ccc(C#N)cc2)cc1. The summed E-state index contributed by atoms with van der Waals surface area (Å²) in [6.45, 7) is 1.82. The molecule has 8 nitrogen and oxygen atoms in total. The van der Waals surface area contributed by atoms with Gasteiger partial charge in [-0.05, 0) is 48.9 Å². The highest BCUT2D eigenvalue weighted by Gasteiger charge is 2.30. The highest BCUT2D eigenvalue weighted by Crippen LogP contribution is 2.26. The van der Waals surface area contributed by atoms with Crippen molar-refractivity contribution in [2.24, 2.45) is 0 Å². The Kier molecular flexibility index (Phi) is 6.76. The fourth-order valence-electron chi connectivity index (χ4n) is 2.87. The summed E-state index contributed by atoms with van der Waals surface area (Å²) < 4.78 is 36.8. The number of hydrogen-bond donors (Lipinski definition) is 0. The zero-order valence-electron chi connectivity index (χ0n) is 17.4. The maximum Gasteiger partial charge on any atom is 0.374 e. The average molecular weight is 452 g/mol. The fraction of sp³-hybridized carbons (Fsp3) is 0.174. The van der Waals surface area contributed by atoms with Crippen molar-refractivity contribution in [3.8, 4) is 6.07 Å². The minimum absolute atomic E-state index is 0.0264. The lowest BCUT2D eigenvalue weighted by Crippen LogP contribution is -2.34. The van der Waals surface area contributed by atoms with Crippen molar-refractivity contribution < 1.29 is 27.2 Å². The van der Waals surface area contributed by atoms with Gasteiger partial charge in [-0.3, -0.25) is 4.79 Å². The first-order chi connectivity index (χ1) is 15.2. The molecule has 2 aromatic carbocycles. The third-order valence-corrected chi connectivity index (χ3v) is 6.57. The van der Waals surface area contributed by atoms with E-state index in [9.17, 15) is 18.0 Å². The zero-order valence-corrected chi connectivity index (χ0v) is 18.2. The molecule has 0 spiro atoms. The van der Waals surface area contributed by atoms with Crippen LogP contribution in [0.15, 0.2) is 76.2 Å². The topological polar surface area (TPSA) is 118 Å². The molecule has 3 aromatic rings. The smallest absolute Gasteiger partial charge is 0.374 e. The Morgan fingerprint density at radius 1 is 1.09 bits per heavy atom. The summed E-state index contributed by atoms with van der Waals surface area (Å²) in [5.41, 5.74) is 1.69. The van der Waals surface area contributed by atoms with Crippen LogP contribution in [-0.4, -0.2) is 31.6 Å². The van der Waals surface area contributed by atoms with Crippen LogP contribution in [0.5, 0.6) is 0 Å². The number of benzene rings is 2. The minimum atomic E-state index is -4.08. The molecule has 0 N–H and O–H groups in total. The Labute approximate surface area is 185 Å². The van der Waals surface area contributed by atoms with Crippen molar-refractivity contribution in [3.05, 3.63) is 89.4 Å². The van der Waals surface area contributed by atoms with Gasteiger partial charge in [0.2, 0.25) is 11.7 Å². The van der Waals surface area contributed by atoms with E-state index in [2.05, 4.69) is 0 Å². The number of amides is 1. The van der Waals surface area contributed by atoms with Crippen molar-refractivity contribution in [1.82, 2.24) is 4.31 Å². The molecule has 1 aromatic heterocycles. The van der Waals surface area contributed by atoms with E-state index in [-0.39, 0.29) is 10.7 Å². The number of hydrogen-bond acceptors (Lipinski definition) is 7. The Morgan fingerprint density at radius 2 is 1.75 bits per heavy atom. The van der Waals surface area contributed by atoms with Gasteiger partial charge in [-0.25, -0.2) is 17.5 Å². The van der Waals surface area contributed by atoms with Gasteiger partial charge in [-0.1, -0.05) is 29.8 Å². The fourth-order valence-corrected chi connectivity index (χ4v) is 4.01. The number of nitrogens with zero attached hydrogens (tertiary/aromatic N) is 2. The summed E-state index contributed by atoms with van der Waals surface area (Å²) in [5, 5.41) is 9.00. The molecule has 0 fully saturated rings. The van der Waals surface area contributed by atoms with E-state index in [0.717, 1.165) is 12.6 Å². The number of nitriles is 1. The maximum atomic E-state index is 12.9. The van der Waals surface area contributed by atoms with Gasteiger partial charge in [-0.15, -0.1) is 0 Å². The molecule has 164 valence electrons. The Bertz CT molecular complexity index is 1240. The number of esters is 1. The van der Waals surface area contributed by atoms with Crippen molar-refractivity contribution in [2.75, 3.05) is 7.05 Å². The lowest BCUT2D eigenvalue weighted by Gasteiger charge is -2.22. The zero-order chi connectivity index (χ0) is 23.3. The van der Waals surface area contributed by atoms with E-state index in [4.69, 9.17) is 14.4 Å². The molecule has 9 heteroatoms. The number of aryl methyl sites for hydroxylation is 1. The molecule has 0 saturated heterocycles. The van der Waals surface area contributed by atoms with Gasteiger partial charge in [0.15, 0.2) is 0 Å². The highest BCUT2D eigenvalue weighted by molar-refractivity contribution is 7.89. The molecule has 0 bridgehead atoms. The number of furan rings is 1. The van der Waals surface area contributed by atoms with Crippen LogP contribution < -0.4 is 0 Å². The number of ether oxygens (including phenoxy) is 1. The normalized spacial score (nSPS) is 11.9. The maximum absolute atomic E-state index is 12.9. The van der Waals surface area contributed by atoms with Crippen LogP contribution in [0.25, 0.3) is 0 Å². The van der Waals surface area contributed by atoms with Gasteiger partial charge in [0.05, 0.1) is 29.2 Å². The predicted molar refractivity (Wildman–Crippen MR) is 114 cm³/mol. The largest absolute Gasteiger partial charge is 0.457 e. The monoisotopic (exact) mass is 452 g/mol. The molecule has 0 saturated carbocycles. The second-order valence-electron chi connectivity index (χ2n) is 6.99. The number of carbonyl (C=O) groups excluding carboxylic acids is 2. The van der Waals surface area contributed by atoms with Crippen LogP contribution in [0.3, 0.4) is 0 Å². The average Bonchev–Trinajstić information content (AvgIpc) is 3.33. The summed E-state index contributed by atoms with van der Waals surface area (Å²) in [6, 6.07) is 17.1. The molecule has 1 heterocycles. The predicted octanol–water partition coefficient (Wildman–Crippen LogP) is 3.60. The summed E-state index contributed by atoms with van der Waals surface area (Å²) >= 11 is 0. The van der Waals surface area contributed by atoms with Crippen molar-refractivity contribution in [1.29, 1.82) is 5.26 Å². The third-order valence-electron chi connectivity index (χ3n) is 4.77.